The van der Waals surface area contributed by atoms with E-state index in [-0.39, 0.29) is 24.2 Å². The lowest BCUT2D eigenvalue weighted by atomic mass is 9.67. The molecule has 2 aliphatic heterocycles. The van der Waals surface area contributed by atoms with Gasteiger partial charge in [-0.3, -0.25) is 9.78 Å². The molecule has 0 bridgehead atoms. The predicted molar refractivity (Wildman–Crippen MR) is 89.2 cm³/mol. The molecule has 0 aromatic carbocycles. The number of hydrogen-bond donors (Lipinski definition) is 0. The van der Waals surface area contributed by atoms with Crippen LogP contribution in [0.1, 0.15) is 50.9 Å². The van der Waals surface area contributed by atoms with E-state index < -0.39 is 0 Å². The van der Waals surface area contributed by atoms with Crippen LogP contribution in [0.15, 0.2) is 24.5 Å². The van der Waals surface area contributed by atoms with Gasteiger partial charge >= 0.3 is 7.12 Å². The van der Waals surface area contributed by atoms with Gasteiger partial charge in [-0.2, -0.15) is 0 Å². The Hall–Kier alpha value is -1.40. The minimum Gasteiger partial charge on any atom is -0.403 e. The van der Waals surface area contributed by atoms with Crippen LogP contribution < -0.4 is 0 Å². The van der Waals surface area contributed by atoms with E-state index in [1.165, 1.54) is 0 Å². The third kappa shape index (κ3) is 3.15. The number of aromatic nitrogens is 1. The van der Waals surface area contributed by atoms with Crippen LogP contribution in [0.3, 0.4) is 0 Å². The molecule has 0 spiro atoms. The van der Waals surface area contributed by atoms with E-state index in [2.05, 4.69) is 32.7 Å². The monoisotopic (exact) mass is 316 g/mol. The molecule has 3 rings (SSSR count). The zero-order valence-corrected chi connectivity index (χ0v) is 14.4. The Morgan fingerprint density at radius 2 is 1.83 bits per heavy atom. The Morgan fingerprint density at radius 3 is 2.35 bits per heavy atom. The molecule has 2 fully saturated rings. The van der Waals surface area contributed by atoms with Gasteiger partial charge in [0.05, 0.1) is 16.8 Å². The maximum absolute atomic E-state index is 12.5. The highest BCUT2D eigenvalue weighted by molar-refractivity contribution is 6.47. The normalized spacial score (nSPS) is 24.0. The minimum atomic E-state index is -0.291. The van der Waals surface area contributed by atoms with Gasteiger partial charge in [-0.1, -0.05) is 0 Å². The molecule has 0 N–H and O–H groups in total. The van der Waals surface area contributed by atoms with Gasteiger partial charge in [0.25, 0.3) is 5.91 Å². The largest absolute Gasteiger partial charge is 0.461 e. The Bertz CT molecular complexity index is 552. The topological polar surface area (TPSA) is 51.7 Å². The number of likely N-dealkylation sites (tertiary alicyclic amines) is 1. The third-order valence-corrected chi connectivity index (χ3v) is 5.39. The summed E-state index contributed by atoms with van der Waals surface area (Å²) in [6.07, 6.45) is 5.12. The summed E-state index contributed by atoms with van der Waals surface area (Å²) in [7, 11) is -0.171. The molecule has 5 nitrogen and oxygen atoms in total. The van der Waals surface area contributed by atoms with E-state index in [1.807, 2.05) is 11.0 Å². The van der Waals surface area contributed by atoms with Crippen molar-refractivity contribution in [1.29, 1.82) is 0 Å². The molecule has 124 valence electrons. The van der Waals surface area contributed by atoms with Crippen LogP contribution in [-0.2, 0) is 9.31 Å². The highest BCUT2D eigenvalue weighted by Gasteiger charge is 2.53. The molecular weight excluding hydrogens is 291 g/mol. The molecule has 0 aliphatic carbocycles. The molecule has 3 heterocycles. The van der Waals surface area contributed by atoms with Crippen LogP contribution in [0.25, 0.3) is 0 Å². The fourth-order valence-electron chi connectivity index (χ4n) is 3.13. The summed E-state index contributed by atoms with van der Waals surface area (Å²) in [5.74, 6) is 0.402. The van der Waals surface area contributed by atoms with Crippen LogP contribution in [0, 0.1) is 0 Å². The third-order valence-electron chi connectivity index (χ3n) is 5.39. The second kappa shape index (κ2) is 5.91. The van der Waals surface area contributed by atoms with Crippen molar-refractivity contribution in [3.8, 4) is 0 Å². The summed E-state index contributed by atoms with van der Waals surface area (Å²) in [5.41, 5.74) is 0.0716. The second-order valence-corrected chi connectivity index (χ2v) is 7.50. The smallest absolute Gasteiger partial charge is 0.403 e. The summed E-state index contributed by atoms with van der Waals surface area (Å²) in [6.45, 7) is 9.79. The summed E-state index contributed by atoms with van der Waals surface area (Å²) < 4.78 is 12.3. The number of piperidine rings is 1. The van der Waals surface area contributed by atoms with Gasteiger partial charge in [0.2, 0.25) is 0 Å². The zero-order chi connectivity index (χ0) is 16.7. The first kappa shape index (κ1) is 16.5. The molecule has 0 unspecified atom stereocenters. The van der Waals surface area contributed by atoms with Crippen molar-refractivity contribution in [3.63, 3.8) is 0 Å². The highest BCUT2D eigenvalue weighted by Crippen LogP contribution is 2.42. The Labute approximate surface area is 138 Å². The van der Waals surface area contributed by atoms with Crippen molar-refractivity contribution in [2.45, 2.75) is 57.6 Å². The van der Waals surface area contributed by atoms with Crippen LogP contribution in [-0.4, -0.2) is 47.2 Å². The highest BCUT2D eigenvalue weighted by atomic mass is 16.7. The van der Waals surface area contributed by atoms with Crippen molar-refractivity contribution in [2.24, 2.45) is 0 Å². The van der Waals surface area contributed by atoms with Crippen molar-refractivity contribution in [3.05, 3.63) is 30.1 Å². The maximum Gasteiger partial charge on any atom is 0.461 e. The number of pyridine rings is 1. The van der Waals surface area contributed by atoms with E-state index in [1.54, 1.807) is 18.5 Å². The Morgan fingerprint density at radius 1 is 1.22 bits per heavy atom. The number of amides is 1. The van der Waals surface area contributed by atoms with Gasteiger partial charge in [0.1, 0.15) is 0 Å². The number of carbonyl (C=O) groups is 1. The molecule has 0 saturated carbocycles. The molecule has 1 aromatic heterocycles. The van der Waals surface area contributed by atoms with Gasteiger partial charge < -0.3 is 14.2 Å². The van der Waals surface area contributed by atoms with Crippen molar-refractivity contribution < 1.29 is 14.1 Å². The number of carbonyl (C=O) groups excluding carboxylic acids is 1. The zero-order valence-electron chi connectivity index (χ0n) is 14.4. The van der Waals surface area contributed by atoms with Gasteiger partial charge in [0, 0.05) is 25.5 Å². The molecule has 2 saturated heterocycles. The van der Waals surface area contributed by atoms with Gasteiger partial charge in [-0.05, 0) is 58.5 Å². The standard InChI is InChI=1S/C17H25BN2O3/c1-16(2)17(3,4)23-18(22-16)14-7-10-20(11-8-14)15(21)13-6-5-9-19-12-13/h5-6,9,12,14H,7-8,10-11H2,1-4H3. The van der Waals surface area contributed by atoms with Gasteiger partial charge in [-0.25, -0.2) is 0 Å². The van der Waals surface area contributed by atoms with E-state index in [4.69, 9.17) is 9.31 Å². The fraction of sp³-hybridized carbons (Fsp3) is 0.647. The van der Waals surface area contributed by atoms with Crippen LogP contribution >= 0.6 is 0 Å². The van der Waals surface area contributed by atoms with Crippen molar-refractivity contribution >= 4 is 13.0 Å². The lowest BCUT2D eigenvalue weighted by molar-refractivity contribution is 0.00578. The average Bonchev–Trinajstić information content (AvgIpc) is 2.76. The first-order valence-corrected chi connectivity index (χ1v) is 8.35. The van der Waals surface area contributed by atoms with Crippen molar-refractivity contribution in [2.75, 3.05) is 13.1 Å². The molecule has 0 atom stereocenters. The predicted octanol–water partition coefficient (Wildman–Crippen LogP) is 2.78. The minimum absolute atomic E-state index is 0.0606. The fourth-order valence-corrected chi connectivity index (χ4v) is 3.13. The average molecular weight is 316 g/mol. The Kier molecular flexibility index (Phi) is 4.23. The number of rotatable bonds is 2. The number of nitrogens with zero attached hydrogens (tertiary/aromatic N) is 2. The van der Waals surface area contributed by atoms with Crippen LogP contribution in [0.2, 0.25) is 5.82 Å². The maximum atomic E-state index is 12.5. The first-order valence-electron chi connectivity index (χ1n) is 8.35. The van der Waals surface area contributed by atoms with Gasteiger partial charge in [0.15, 0.2) is 0 Å². The van der Waals surface area contributed by atoms with Crippen LogP contribution in [0.4, 0.5) is 0 Å². The Balaban J connectivity index is 1.58. The van der Waals surface area contributed by atoms with Crippen LogP contribution in [0.5, 0.6) is 0 Å². The summed E-state index contributed by atoms with van der Waals surface area (Å²) in [6, 6.07) is 3.61. The second-order valence-electron chi connectivity index (χ2n) is 7.50. The number of hydrogen-bond acceptors (Lipinski definition) is 4. The summed E-state index contributed by atoms with van der Waals surface area (Å²) in [5, 5.41) is 0. The molecule has 1 aromatic rings. The van der Waals surface area contributed by atoms with Crippen molar-refractivity contribution in [1.82, 2.24) is 9.88 Å². The first-order chi connectivity index (χ1) is 10.8. The molecule has 6 heteroatoms. The van der Waals surface area contributed by atoms with E-state index in [9.17, 15) is 4.79 Å². The lowest BCUT2D eigenvalue weighted by Gasteiger charge is -2.32. The van der Waals surface area contributed by atoms with E-state index in [0.29, 0.717) is 11.4 Å². The lowest BCUT2D eigenvalue weighted by Crippen LogP contribution is -2.41. The molecule has 1 amide bonds. The SMILES string of the molecule is CC1(C)OB(C2CCN(C(=O)c3cccnc3)CC2)OC1(C)C. The quantitative estimate of drug-likeness (QED) is 0.787. The van der Waals surface area contributed by atoms with E-state index >= 15 is 0 Å². The molecular formula is C17H25BN2O3. The molecule has 2 aliphatic rings. The summed E-state index contributed by atoms with van der Waals surface area (Å²) in [4.78, 5) is 18.4. The van der Waals surface area contributed by atoms with E-state index in [0.717, 1.165) is 25.9 Å². The molecule has 23 heavy (non-hydrogen) atoms. The van der Waals surface area contributed by atoms with Gasteiger partial charge in [-0.15, -0.1) is 0 Å². The molecule has 0 radical (unpaired) electrons. The summed E-state index contributed by atoms with van der Waals surface area (Å²) >= 11 is 0.